The molecule has 3 heteroatoms. The first kappa shape index (κ1) is 14.0. The van der Waals surface area contributed by atoms with Gasteiger partial charge in [-0.2, -0.15) is 0 Å². The molecule has 3 unspecified atom stereocenters. The highest BCUT2D eigenvalue weighted by Gasteiger charge is 2.59. The molecule has 1 aliphatic heterocycles. The molecule has 4 aliphatic rings. The van der Waals surface area contributed by atoms with Crippen molar-refractivity contribution in [2.45, 2.75) is 95.3 Å². The van der Waals surface area contributed by atoms with Crippen molar-refractivity contribution in [1.82, 2.24) is 10.2 Å². The van der Waals surface area contributed by atoms with Crippen LogP contribution in [0.3, 0.4) is 0 Å². The van der Waals surface area contributed by atoms with E-state index in [1.807, 2.05) is 0 Å². The number of nitrogens with zero attached hydrogens (tertiary/aromatic N) is 1. The third kappa shape index (κ3) is 2.23. The molecule has 0 bridgehead atoms. The Kier molecular flexibility index (Phi) is 3.52. The van der Waals surface area contributed by atoms with Crippen LogP contribution in [0.5, 0.6) is 0 Å². The average Bonchev–Trinajstić information content (AvgIpc) is 2.94. The fourth-order valence-corrected chi connectivity index (χ4v) is 5.35. The van der Waals surface area contributed by atoms with Crippen LogP contribution >= 0.6 is 0 Å². The summed E-state index contributed by atoms with van der Waals surface area (Å²) in [5.41, 5.74) is -0.160. The minimum absolute atomic E-state index is 0.160. The Hall–Kier alpha value is -0.570. The van der Waals surface area contributed by atoms with Crippen LogP contribution in [-0.4, -0.2) is 28.6 Å². The van der Waals surface area contributed by atoms with Crippen molar-refractivity contribution in [1.29, 1.82) is 0 Å². The van der Waals surface area contributed by atoms with Gasteiger partial charge in [-0.1, -0.05) is 39.0 Å². The van der Waals surface area contributed by atoms with E-state index in [9.17, 15) is 4.79 Å². The summed E-state index contributed by atoms with van der Waals surface area (Å²) in [4.78, 5) is 15.5. The highest BCUT2D eigenvalue weighted by molar-refractivity contribution is 5.89. The fourth-order valence-electron chi connectivity index (χ4n) is 5.35. The largest absolute Gasteiger partial charge is 0.322 e. The maximum absolute atomic E-state index is 13.2. The van der Waals surface area contributed by atoms with Crippen LogP contribution in [0.25, 0.3) is 0 Å². The Morgan fingerprint density at radius 3 is 2.57 bits per heavy atom. The zero-order chi connectivity index (χ0) is 14.4. The van der Waals surface area contributed by atoms with E-state index in [0.29, 0.717) is 18.1 Å². The van der Waals surface area contributed by atoms with Crippen molar-refractivity contribution in [3.05, 3.63) is 0 Å². The Morgan fingerprint density at radius 2 is 1.90 bits per heavy atom. The quantitative estimate of drug-likeness (QED) is 0.860. The lowest BCUT2D eigenvalue weighted by Gasteiger charge is -2.29. The Morgan fingerprint density at radius 1 is 1.19 bits per heavy atom. The van der Waals surface area contributed by atoms with Gasteiger partial charge < -0.3 is 4.90 Å². The van der Waals surface area contributed by atoms with Crippen LogP contribution in [-0.2, 0) is 4.79 Å². The van der Waals surface area contributed by atoms with E-state index in [-0.39, 0.29) is 5.54 Å². The van der Waals surface area contributed by atoms with Gasteiger partial charge in [-0.25, -0.2) is 0 Å². The number of nitrogens with one attached hydrogen (secondary N) is 1. The Bertz CT molecular complexity index is 409. The molecule has 1 amide bonds. The SMILES string of the molecule is CCCC1CC1N1C(=O)C2(CCCC2)NC1C1CCCC1. The van der Waals surface area contributed by atoms with Crippen LogP contribution in [0, 0.1) is 11.8 Å². The Balaban J connectivity index is 1.56. The molecule has 21 heavy (non-hydrogen) atoms. The van der Waals surface area contributed by atoms with Crippen molar-refractivity contribution >= 4 is 5.91 Å². The summed E-state index contributed by atoms with van der Waals surface area (Å²) >= 11 is 0. The minimum Gasteiger partial charge on any atom is -0.322 e. The molecule has 4 fully saturated rings. The van der Waals surface area contributed by atoms with Crippen LogP contribution in [0.1, 0.15) is 77.6 Å². The molecule has 1 heterocycles. The minimum atomic E-state index is -0.160. The van der Waals surface area contributed by atoms with E-state index in [2.05, 4.69) is 17.1 Å². The standard InChI is InChI=1S/C18H30N2O/c1-2-7-14-12-15(14)20-16(13-8-3-4-9-13)19-18(17(20)21)10-5-6-11-18/h13-16,19H,2-12H2,1H3. The van der Waals surface area contributed by atoms with E-state index in [4.69, 9.17) is 0 Å². The van der Waals surface area contributed by atoms with Crippen LogP contribution in [0.2, 0.25) is 0 Å². The maximum atomic E-state index is 13.2. The molecule has 3 atom stereocenters. The van der Waals surface area contributed by atoms with E-state index in [1.165, 1.54) is 57.8 Å². The van der Waals surface area contributed by atoms with Gasteiger partial charge in [0, 0.05) is 6.04 Å². The molecule has 1 saturated heterocycles. The van der Waals surface area contributed by atoms with Crippen LogP contribution in [0.4, 0.5) is 0 Å². The predicted octanol–water partition coefficient (Wildman–Crippen LogP) is 3.44. The van der Waals surface area contributed by atoms with Gasteiger partial charge in [0.05, 0.1) is 11.7 Å². The molecular weight excluding hydrogens is 260 g/mol. The molecule has 0 aromatic rings. The van der Waals surface area contributed by atoms with Crippen LogP contribution in [0.15, 0.2) is 0 Å². The van der Waals surface area contributed by atoms with E-state index < -0.39 is 0 Å². The van der Waals surface area contributed by atoms with Gasteiger partial charge in [0.1, 0.15) is 0 Å². The lowest BCUT2D eigenvalue weighted by atomic mass is 9.97. The summed E-state index contributed by atoms with van der Waals surface area (Å²) in [5, 5.41) is 3.87. The molecule has 118 valence electrons. The maximum Gasteiger partial charge on any atom is 0.244 e. The van der Waals surface area contributed by atoms with Crippen molar-refractivity contribution < 1.29 is 4.79 Å². The first-order chi connectivity index (χ1) is 10.2. The summed E-state index contributed by atoms with van der Waals surface area (Å²) in [6.07, 6.45) is 14.2. The van der Waals surface area contributed by atoms with Gasteiger partial charge in [0.2, 0.25) is 5.91 Å². The first-order valence-electron chi connectivity index (χ1n) is 9.35. The number of carbonyl (C=O) groups excluding carboxylic acids is 1. The lowest BCUT2D eigenvalue weighted by Crippen LogP contribution is -2.46. The smallest absolute Gasteiger partial charge is 0.244 e. The number of carbonyl (C=O) groups is 1. The van der Waals surface area contributed by atoms with E-state index >= 15 is 0 Å². The van der Waals surface area contributed by atoms with E-state index in [0.717, 1.165) is 24.7 Å². The van der Waals surface area contributed by atoms with Gasteiger partial charge in [-0.15, -0.1) is 0 Å². The number of hydrogen-bond donors (Lipinski definition) is 1. The molecule has 1 N–H and O–H groups in total. The predicted molar refractivity (Wildman–Crippen MR) is 83.7 cm³/mol. The second kappa shape index (κ2) is 5.26. The monoisotopic (exact) mass is 290 g/mol. The molecule has 0 aromatic heterocycles. The zero-order valence-electron chi connectivity index (χ0n) is 13.4. The molecule has 4 rings (SSSR count). The second-order valence-corrected chi connectivity index (χ2v) is 7.99. The normalized spacial score (nSPS) is 38.8. The van der Waals surface area contributed by atoms with Gasteiger partial charge in [0.25, 0.3) is 0 Å². The van der Waals surface area contributed by atoms with Gasteiger partial charge in [-0.05, 0) is 50.4 Å². The van der Waals surface area contributed by atoms with Gasteiger partial charge in [-0.3, -0.25) is 10.1 Å². The number of amides is 1. The summed E-state index contributed by atoms with van der Waals surface area (Å²) in [6.45, 7) is 2.27. The summed E-state index contributed by atoms with van der Waals surface area (Å²) in [5.74, 6) is 1.98. The van der Waals surface area contributed by atoms with Crippen molar-refractivity contribution in [3.8, 4) is 0 Å². The molecule has 1 spiro atoms. The molecule has 0 aromatic carbocycles. The van der Waals surface area contributed by atoms with E-state index in [1.54, 1.807) is 0 Å². The summed E-state index contributed by atoms with van der Waals surface area (Å²) in [6, 6.07) is 0.565. The number of rotatable bonds is 4. The first-order valence-corrected chi connectivity index (χ1v) is 9.35. The Labute approximate surface area is 128 Å². The molecule has 3 nitrogen and oxygen atoms in total. The van der Waals surface area contributed by atoms with Crippen molar-refractivity contribution in [2.24, 2.45) is 11.8 Å². The third-order valence-electron chi connectivity index (χ3n) is 6.57. The highest BCUT2D eigenvalue weighted by atomic mass is 16.2. The topological polar surface area (TPSA) is 32.3 Å². The molecule has 3 aliphatic carbocycles. The van der Waals surface area contributed by atoms with Gasteiger partial charge in [0.15, 0.2) is 0 Å². The lowest BCUT2D eigenvalue weighted by molar-refractivity contribution is -0.134. The van der Waals surface area contributed by atoms with Crippen molar-refractivity contribution in [2.75, 3.05) is 0 Å². The second-order valence-electron chi connectivity index (χ2n) is 7.99. The third-order valence-corrected chi connectivity index (χ3v) is 6.57. The van der Waals surface area contributed by atoms with Crippen LogP contribution < -0.4 is 5.32 Å². The summed E-state index contributed by atoms with van der Waals surface area (Å²) in [7, 11) is 0. The molecule has 0 radical (unpaired) electrons. The molecule has 3 saturated carbocycles. The summed E-state index contributed by atoms with van der Waals surface area (Å²) < 4.78 is 0. The molecular formula is C18H30N2O. The van der Waals surface area contributed by atoms with Gasteiger partial charge >= 0.3 is 0 Å². The average molecular weight is 290 g/mol. The highest BCUT2D eigenvalue weighted by Crippen LogP contribution is 2.48. The zero-order valence-corrected chi connectivity index (χ0v) is 13.4. The number of hydrogen-bond acceptors (Lipinski definition) is 2. The fraction of sp³-hybridized carbons (Fsp3) is 0.944. The van der Waals surface area contributed by atoms with Crippen molar-refractivity contribution in [3.63, 3.8) is 0 Å².